The van der Waals surface area contributed by atoms with Crippen molar-refractivity contribution in [3.8, 4) is 0 Å². The lowest BCUT2D eigenvalue weighted by molar-refractivity contribution is 0.0948. The highest BCUT2D eigenvalue weighted by Gasteiger charge is 2.11. The molecule has 0 saturated carbocycles. The van der Waals surface area contributed by atoms with Gasteiger partial charge in [0.1, 0.15) is 0 Å². The van der Waals surface area contributed by atoms with Gasteiger partial charge in [-0.1, -0.05) is 28.9 Å². The molecule has 0 aliphatic heterocycles. The molecular formula is C12H15BrClNO. The highest BCUT2D eigenvalue weighted by molar-refractivity contribution is 9.10. The van der Waals surface area contributed by atoms with Crippen LogP contribution in [-0.2, 0) is 0 Å². The smallest absolute Gasteiger partial charge is 0.251 e. The van der Waals surface area contributed by atoms with Gasteiger partial charge in [0, 0.05) is 22.5 Å². The molecule has 0 fully saturated rings. The molecule has 1 rings (SSSR count). The van der Waals surface area contributed by atoms with Gasteiger partial charge in [-0.15, -0.1) is 11.6 Å². The maximum absolute atomic E-state index is 11.9. The van der Waals surface area contributed by atoms with E-state index in [9.17, 15) is 4.79 Å². The van der Waals surface area contributed by atoms with Crippen LogP contribution < -0.4 is 5.32 Å². The van der Waals surface area contributed by atoms with Crippen LogP contribution in [0.4, 0.5) is 0 Å². The van der Waals surface area contributed by atoms with Crippen LogP contribution in [0.15, 0.2) is 22.7 Å². The van der Waals surface area contributed by atoms with Gasteiger partial charge in [0.25, 0.3) is 5.91 Å². The first-order valence-corrected chi connectivity index (χ1v) is 6.48. The second kappa shape index (κ2) is 6.26. The van der Waals surface area contributed by atoms with Gasteiger partial charge in [-0.05, 0) is 30.5 Å². The van der Waals surface area contributed by atoms with Crippen LogP contribution in [0.2, 0.25) is 0 Å². The van der Waals surface area contributed by atoms with Crippen LogP contribution in [-0.4, -0.2) is 18.3 Å². The molecule has 0 radical (unpaired) electrons. The lowest BCUT2D eigenvalue weighted by atomic mass is 10.1. The first-order valence-electron chi connectivity index (χ1n) is 5.15. The van der Waals surface area contributed by atoms with Crippen molar-refractivity contribution in [2.24, 2.45) is 5.92 Å². The van der Waals surface area contributed by atoms with Gasteiger partial charge in [0.15, 0.2) is 0 Å². The summed E-state index contributed by atoms with van der Waals surface area (Å²) in [6.45, 7) is 4.53. The molecule has 1 N–H and O–H groups in total. The second-order valence-corrected chi connectivity index (χ2v) is 5.04. The molecule has 4 heteroatoms. The zero-order valence-corrected chi connectivity index (χ0v) is 11.7. The average molecular weight is 305 g/mol. The molecule has 0 spiro atoms. The Morgan fingerprint density at radius 1 is 1.56 bits per heavy atom. The van der Waals surface area contributed by atoms with Crippen molar-refractivity contribution in [1.82, 2.24) is 5.32 Å². The van der Waals surface area contributed by atoms with Crippen molar-refractivity contribution < 1.29 is 4.79 Å². The van der Waals surface area contributed by atoms with Crippen LogP contribution in [0.5, 0.6) is 0 Å². The van der Waals surface area contributed by atoms with Gasteiger partial charge in [-0.25, -0.2) is 0 Å². The van der Waals surface area contributed by atoms with Crippen molar-refractivity contribution in [1.29, 1.82) is 0 Å². The summed E-state index contributed by atoms with van der Waals surface area (Å²) < 4.78 is 0.950. The van der Waals surface area contributed by atoms with Gasteiger partial charge >= 0.3 is 0 Å². The number of halogens is 2. The molecule has 1 atom stereocenters. The van der Waals surface area contributed by atoms with Gasteiger partial charge in [-0.3, -0.25) is 4.79 Å². The zero-order chi connectivity index (χ0) is 12.1. The first-order chi connectivity index (χ1) is 7.56. The summed E-state index contributed by atoms with van der Waals surface area (Å²) in [5.41, 5.74) is 1.66. The van der Waals surface area contributed by atoms with E-state index < -0.39 is 0 Å². The van der Waals surface area contributed by atoms with Crippen LogP contribution in [0.25, 0.3) is 0 Å². The van der Waals surface area contributed by atoms with Gasteiger partial charge < -0.3 is 5.32 Å². The Morgan fingerprint density at radius 2 is 2.25 bits per heavy atom. The topological polar surface area (TPSA) is 29.1 Å². The van der Waals surface area contributed by atoms with Crippen LogP contribution in [0.1, 0.15) is 22.8 Å². The zero-order valence-electron chi connectivity index (χ0n) is 9.39. The monoisotopic (exact) mass is 303 g/mol. The van der Waals surface area contributed by atoms with E-state index in [1.165, 1.54) is 0 Å². The van der Waals surface area contributed by atoms with Crippen LogP contribution >= 0.6 is 27.5 Å². The summed E-state index contributed by atoms with van der Waals surface area (Å²) in [7, 11) is 0. The summed E-state index contributed by atoms with van der Waals surface area (Å²) in [5, 5.41) is 2.87. The number of rotatable bonds is 4. The van der Waals surface area contributed by atoms with E-state index in [2.05, 4.69) is 21.2 Å². The van der Waals surface area contributed by atoms with Crippen LogP contribution in [0.3, 0.4) is 0 Å². The minimum Gasteiger partial charge on any atom is -0.352 e. The minimum absolute atomic E-state index is 0.0456. The first kappa shape index (κ1) is 13.5. The summed E-state index contributed by atoms with van der Waals surface area (Å²) in [5.74, 6) is 0.798. The molecule has 2 nitrogen and oxygen atoms in total. The fourth-order valence-electron chi connectivity index (χ4n) is 1.27. The lowest BCUT2D eigenvalue weighted by Crippen LogP contribution is -2.29. The Morgan fingerprint density at radius 3 is 2.88 bits per heavy atom. The highest BCUT2D eigenvalue weighted by Crippen LogP contribution is 2.19. The minimum atomic E-state index is -0.0456. The normalized spacial score (nSPS) is 12.2. The third kappa shape index (κ3) is 3.49. The fraction of sp³-hybridized carbons (Fsp3) is 0.417. The van der Waals surface area contributed by atoms with Crippen molar-refractivity contribution in [2.75, 3.05) is 12.4 Å². The Kier molecular flexibility index (Phi) is 5.29. The van der Waals surface area contributed by atoms with Crippen molar-refractivity contribution in [3.05, 3.63) is 33.8 Å². The van der Waals surface area contributed by atoms with Gasteiger partial charge in [0.05, 0.1) is 0 Å². The molecule has 0 saturated heterocycles. The Bertz CT molecular complexity index is 381. The molecule has 1 aromatic carbocycles. The van der Waals surface area contributed by atoms with Crippen molar-refractivity contribution >= 4 is 33.4 Å². The molecule has 0 aromatic heterocycles. The average Bonchev–Trinajstić information content (AvgIpc) is 2.29. The lowest BCUT2D eigenvalue weighted by Gasteiger charge is -2.11. The molecule has 1 aromatic rings. The maximum Gasteiger partial charge on any atom is 0.251 e. The predicted octanol–water partition coefficient (Wildman–Crippen LogP) is 3.36. The molecule has 1 amide bonds. The van der Waals surface area contributed by atoms with E-state index in [1.54, 1.807) is 0 Å². The highest BCUT2D eigenvalue weighted by atomic mass is 79.9. The van der Waals surface area contributed by atoms with E-state index in [0.29, 0.717) is 18.0 Å². The summed E-state index contributed by atoms with van der Waals surface area (Å²) in [6.07, 6.45) is 0. The Labute approximate surface area is 110 Å². The molecule has 16 heavy (non-hydrogen) atoms. The summed E-state index contributed by atoms with van der Waals surface area (Å²) in [6, 6.07) is 5.60. The van der Waals surface area contributed by atoms with E-state index in [0.717, 1.165) is 10.0 Å². The van der Waals surface area contributed by atoms with Crippen molar-refractivity contribution in [2.45, 2.75) is 13.8 Å². The predicted molar refractivity (Wildman–Crippen MR) is 71.1 cm³/mol. The molecule has 1 unspecified atom stereocenters. The molecule has 0 aliphatic rings. The number of nitrogens with one attached hydrogen (secondary N) is 1. The third-order valence-corrected chi connectivity index (χ3v) is 3.77. The number of carbonyl (C=O) groups is 1. The number of carbonyl (C=O) groups excluding carboxylic acids is 1. The van der Waals surface area contributed by atoms with E-state index >= 15 is 0 Å². The Hall–Kier alpha value is -0.540. The van der Waals surface area contributed by atoms with Gasteiger partial charge in [-0.2, -0.15) is 0 Å². The number of hydrogen-bond donors (Lipinski definition) is 1. The van der Waals surface area contributed by atoms with Gasteiger partial charge in [0.2, 0.25) is 0 Å². The van der Waals surface area contributed by atoms with Crippen molar-refractivity contribution in [3.63, 3.8) is 0 Å². The molecule has 0 aliphatic carbocycles. The van der Waals surface area contributed by atoms with E-state index in [-0.39, 0.29) is 11.8 Å². The number of benzene rings is 1. The molecule has 0 heterocycles. The quantitative estimate of drug-likeness (QED) is 0.849. The number of amides is 1. The number of alkyl halides is 1. The SMILES string of the molecule is Cc1c(Br)cccc1C(=O)NCC(C)CCl. The van der Waals surface area contributed by atoms with E-state index in [4.69, 9.17) is 11.6 Å². The summed E-state index contributed by atoms with van der Waals surface area (Å²) >= 11 is 9.09. The summed E-state index contributed by atoms with van der Waals surface area (Å²) in [4.78, 5) is 11.9. The maximum atomic E-state index is 11.9. The third-order valence-electron chi connectivity index (χ3n) is 2.39. The Balaban J connectivity index is 2.70. The standard InChI is InChI=1S/C12H15BrClNO/c1-8(6-14)7-15-12(16)10-4-3-5-11(13)9(10)2/h3-5,8H,6-7H2,1-2H3,(H,15,16). The largest absolute Gasteiger partial charge is 0.352 e. The number of hydrogen-bond acceptors (Lipinski definition) is 1. The molecule has 88 valence electrons. The molecule has 0 bridgehead atoms. The van der Waals surface area contributed by atoms with Crippen LogP contribution in [0, 0.1) is 12.8 Å². The fourth-order valence-corrected chi connectivity index (χ4v) is 1.75. The molecular weight excluding hydrogens is 289 g/mol. The van der Waals surface area contributed by atoms with E-state index in [1.807, 2.05) is 32.0 Å². The second-order valence-electron chi connectivity index (χ2n) is 3.88.